The number of hydrogen-bond donors (Lipinski definition) is 1. The largest absolute Gasteiger partial charge is 0.380 e. The molecule has 2 aromatic rings. The second-order valence-corrected chi connectivity index (χ2v) is 3.78. The first-order valence-corrected chi connectivity index (χ1v) is 5.05. The van der Waals surface area contributed by atoms with Gasteiger partial charge in [-0.25, -0.2) is 0 Å². The Bertz CT molecular complexity index is 553. The molecule has 1 heterocycles. The zero-order chi connectivity index (χ0) is 11.7. The maximum Gasteiger partial charge on any atom is 0.280 e. The van der Waals surface area contributed by atoms with E-state index in [1.807, 2.05) is 0 Å². The van der Waals surface area contributed by atoms with Crippen molar-refractivity contribution in [3.63, 3.8) is 0 Å². The van der Waals surface area contributed by atoms with Crippen molar-refractivity contribution in [1.82, 2.24) is 5.16 Å². The Morgan fingerprint density at radius 3 is 2.69 bits per heavy atom. The number of nitrogens with two attached hydrogens (primary N) is 1. The highest BCUT2D eigenvalue weighted by Gasteiger charge is 2.21. The lowest BCUT2D eigenvalue weighted by molar-refractivity contribution is -0.384. The summed E-state index contributed by atoms with van der Waals surface area (Å²) in [5.41, 5.74) is 5.76. The van der Waals surface area contributed by atoms with Gasteiger partial charge in [-0.2, -0.15) is 0 Å². The van der Waals surface area contributed by atoms with E-state index in [9.17, 15) is 10.1 Å². The van der Waals surface area contributed by atoms with Crippen LogP contribution in [0.1, 0.15) is 0 Å². The molecule has 1 aromatic heterocycles. The molecule has 0 saturated heterocycles. The van der Waals surface area contributed by atoms with Crippen molar-refractivity contribution in [2.45, 2.75) is 0 Å². The molecule has 0 aliphatic carbocycles. The molecule has 0 saturated carbocycles. The summed E-state index contributed by atoms with van der Waals surface area (Å²) in [7, 11) is 0. The lowest BCUT2D eigenvalue weighted by Crippen LogP contribution is -1.91. The topological polar surface area (TPSA) is 95.2 Å². The summed E-state index contributed by atoms with van der Waals surface area (Å²) in [5.74, 6) is 0.415. The highest BCUT2D eigenvalue weighted by atomic mass is 79.9. The Morgan fingerprint density at radius 1 is 1.44 bits per heavy atom. The molecule has 0 atom stereocenters. The van der Waals surface area contributed by atoms with Gasteiger partial charge in [0, 0.05) is 6.07 Å². The number of hydrogen-bond acceptors (Lipinski definition) is 5. The number of para-hydroxylation sites is 1. The van der Waals surface area contributed by atoms with Gasteiger partial charge in [-0.05, 0) is 22.0 Å². The fraction of sp³-hybridized carbons (Fsp3) is 0. The third-order valence-electron chi connectivity index (χ3n) is 2.00. The molecule has 0 fully saturated rings. The second kappa shape index (κ2) is 3.93. The molecule has 7 heteroatoms. The van der Waals surface area contributed by atoms with Gasteiger partial charge in [0.1, 0.15) is 4.47 Å². The summed E-state index contributed by atoms with van der Waals surface area (Å²) < 4.78 is 5.36. The van der Waals surface area contributed by atoms with Crippen LogP contribution in [0.15, 0.2) is 33.3 Å². The average Bonchev–Trinajstić information content (AvgIpc) is 2.60. The average molecular weight is 284 g/mol. The number of aromatic nitrogens is 1. The van der Waals surface area contributed by atoms with Crippen LogP contribution in [0.2, 0.25) is 0 Å². The van der Waals surface area contributed by atoms with E-state index < -0.39 is 4.92 Å². The van der Waals surface area contributed by atoms with Crippen LogP contribution >= 0.6 is 15.9 Å². The van der Waals surface area contributed by atoms with E-state index in [1.165, 1.54) is 6.07 Å². The van der Waals surface area contributed by atoms with Gasteiger partial charge >= 0.3 is 0 Å². The van der Waals surface area contributed by atoms with Gasteiger partial charge in [0.2, 0.25) is 0 Å². The van der Waals surface area contributed by atoms with Crippen LogP contribution in [0.5, 0.6) is 0 Å². The zero-order valence-corrected chi connectivity index (χ0v) is 9.47. The smallest absolute Gasteiger partial charge is 0.280 e. The highest BCUT2D eigenvalue weighted by molar-refractivity contribution is 9.10. The van der Waals surface area contributed by atoms with Gasteiger partial charge in [0.05, 0.1) is 10.5 Å². The summed E-state index contributed by atoms with van der Waals surface area (Å²) in [4.78, 5) is 10.3. The van der Waals surface area contributed by atoms with E-state index in [-0.39, 0.29) is 17.3 Å². The fourth-order valence-electron chi connectivity index (χ4n) is 1.28. The second-order valence-electron chi connectivity index (χ2n) is 2.99. The van der Waals surface area contributed by atoms with Crippen LogP contribution in [-0.4, -0.2) is 10.1 Å². The number of benzene rings is 1. The molecule has 0 amide bonds. The van der Waals surface area contributed by atoms with Gasteiger partial charge in [-0.1, -0.05) is 17.3 Å². The van der Waals surface area contributed by atoms with Gasteiger partial charge in [0.15, 0.2) is 11.6 Å². The predicted octanol–water partition coefficient (Wildman–Crippen LogP) is 2.59. The van der Waals surface area contributed by atoms with Crippen molar-refractivity contribution >= 4 is 27.4 Å². The van der Waals surface area contributed by atoms with Crippen molar-refractivity contribution in [2.75, 3.05) is 5.73 Å². The van der Waals surface area contributed by atoms with E-state index in [2.05, 4.69) is 21.1 Å². The van der Waals surface area contributed by atoms with E-state index in [0.29, 0.717) is 10.0 Å². The quantitative estimate of drug-likeness (QED) is 0.675. The standard InChI is InChI=1S/C9H6BrN3O3/c10-7-8(16-12-9(7)11)5-3-1-2-4-6(5)13(14)15/h1-4H,(H2,11,12). The molecule has 0 bridgehead atoms. The molecule has 82 valence electrons. The van der Waals surface area contributed by atoms with E-state index in [1.54, 1.807) is 18.2 Å². The lowest BCUT2D eigenvalue weighted by atomic mass is 10.1. The summed E-state index contributed by atoms with van der Waals surface area (Å²) in [5, 5.41) is 14.3. The summed E-state index contributed by atoms with van der Waals surface area (Å²) in [6.07, 6.45) is 0. The Balaban J connectivity index is 2.64. The summed E-state index contributed by atoms with van der Waals surface area (Å²) >= 11 is 3.17. The van der Waals surface area contributed by atoms with Crippen LogP contribution in [0.4, 0.5) is 11.5 Å². The third kappa shape index (κ3) is 1.65. The van der Waals surface area contributed by atoms with Crippen LogP contribution in [0.25, 0.3) is 11.3 Å². The minimum Gasteiger partial charge on any atom is -0.380 e. The number of rotatable bonds is 2. The first kappa shape index (κ1) is 10.6. The number of nitrogens with zero attached hydrogens (tertiary/aromatic N) is 2. The molecule has 2 N–H and O–H groups in total. The molecule has 16 heavy (non-hydrogen) atoms. The lowest BCUT2D eigenvalue weighted by Gasteiger charge is -1.98. The number of halogens is 1. The van der Waals surface area contributed by atoms with E-state index in [0.717, 1.165) is 0 Å². The molecule has 0 spiro atoms. The van der Waals surface area contributed by atoms with Gasteiger partial charge in [-0.15, -0.1) is 0 Å². The summed E-state index contributed by atoms with van der Waals surface area (Å²) in [6.45, 7) is 0. The Hall–Kier alpha value is -1.89. The Morgan fingerprint density at radius 2 is 2.12 bits per heavy atom. The highest BCUT2D eigenvalue weighted by Crippen LogP contribution is 2.37. The molecule has 1 aromatic carbocycles. The number of nitro groups is 1. The normalized spacial score (nSPS) is 10.3. The van der Waals surface area contributed by atoms with Crippen molar-refractivity contribution < 1.29 is 9.45 Å². The molecule has 6 nitrogen and oxygen atoms in total. The van der Waals surface area contributed by atoms with Gasteiger partial charge in [-0.3, -0.25) is 10.1 Å². The monoisotopic (exact) mass is 283 g/mol. The molecular weight excluding hydrogens is 278 g/mol. The first-order chi connectivity index (χ1) is 7.61. The van der Waals surface area contributed by atoms with E-state index in [4.69, 9.17) is 10.3 Å². The van der Waals surface area contributed by atoms with E-state index >= 15 is 0 Å². The third-order valence-corrected chi connectivity index (χ3v) is 2.77. The van der Waals surface area contributed by atoms with Gasteiger partial charge in [0.25, 0.3) is 5.69 Å². The number of anilines is 1. The van der Waals surface area contributed by atoms with Crippen molar-refractivity contribution in [3.8, 4) is 11.3 Å². The summed E-state index contributed by atoms with van der Waals surface area (Å²) in [6, 6.07) is 6.21. The number of nitro benzene ring substituents is 1. The Labute approximate surface area is 98.3 Å². The van der Waals surface area contributed by atoms with Crippen molar-refractivity contribution in [1.29, 1.82) is 0 Å². The predicted molar refractivity (Wildman–Crippen MR) is 60.7 cm³/mol. The number of nitrogen functional groups attached to an aromatic ring is 1. The Kier molecular flexibility index (Phi) is 2.61. The molecule has 0 radical (unpaired) electrons. The zero-order valence-electron chi connectivity index (χ0n) is 7.88. The van der Waals surface area contributed by atoms with Crippen LogP contribution in [0, 0.1) is 10.1 Å². The molecule has 0 aliphatic rings. The molecule has 2 rings (SSSR count). The van der Waals surface area contributed by atoms with Gasteiger partial charge < -0.3 is 10.3 Å². The molecule has 0 unspecified atom stereocenters. The minimum atomic E-state index is -0.486. The van der Waals surface area contributed by atoms with Crippen LogP contribution in [-0.2, 0) is 0 Å². The van der Waals surface area contributed by atoms with Crippen molar-refractivity contribution in [2.24, 2.45) is 0 Å². The SMILES string of the molecule is Nc1noc(-c2ccccc2[N+](=O)[O-])c1Br. The first-order valence-electron chi connectivity index (χ1n) is 4.25. The maximum atomic E-state index is 10.8. The molecular formula is C9H6BrN3O3. The van der Waals surface area contributed by atoms with Crippen molar-refractivity contribution in [3.05, 3.63) is 38.9 Å². The maximum absolute atomic E-state index is 10.8. The van der Waals surface area contributed by atoms with Crippen LogP contribution in [0.3, 0.4) is 0 Å². The fourth-order valence-corrected chi connectivity index (χ4v) is 1.64. The molecule has 0 aliphatic heterocycles. The van der Waals surface area contributed by atoms with Crippen LogP contribution < -0.4 is 5.73 Å². The minimum absolute atomic E-state index is 0.0562.